The topological polar surface area (TPSA) is 66.5 Å². The number of amides is 1. The molecule has 1 N–H and O–H groups in total. The van der Waals surface area contributed by atoms with Crippen LogP contribution in [0.15, 0.2) is 23.1 Å². The van der Waals surface area contributed by atoms with Gasteiger partial charge in [-0.25, -0.2) is 8.42 Å². The van der Waals surface area contributed by atoms with Gasteiger partial charge in [-0.05, 0) is 24.6 Å². The first-order valence-electron chi connectivity index (χ1n) is 6.83. The van der Waals surface area contributed by atoms with E-state index in [1.807, 2.05) is 0 Å². The molecule has 1 aromatic rings. The van der Waals surface area contributed by atoms with E-state index in [9.17, 15) is 13.2 Å². The van der Waals surface area contributed by atoms with Crippen molar-refractivity contribution < 1.29 is 13.2 Å². The summed E-state index contributed by atoms with van der Waals surface area (Å²) in [6, 6.07) is 4.94. The number of sulfonamides is 1. The monoisotopic (exact) mass is 376 g/mol. The third-order valence-corrected chi connectivity index (χ3v) is 5.71. The lowest BCUT2D eigenvalue weighted by atomic mass is 10.2. The van der Waals surface area contributed by atoms with E-state index in [0.717, 1.165) is 0 Å². The van der Waals surface area contributed by atoms with Gasteiger partial charge in [0, 0.05) is 30.5 Å². The normalized spacial score (nSPS) is 11.7. The van der Waals surface area contributed by atoms with E-state index in [0.29, 0.717) is 36.1 Å². The molecule has 0 unspecified atom stereocenters. The molecule has 1 aromatic carbocycles. The van der Waals surface area contributed by atoms with Gasteiger partial charge in [0.05, 0.1) is 4.90 Å². The van der Waals surface area contributed by atoms with Crippen LogP contribution in [0, 0.1) is 6.92 Å². The molecule has 1 rings (SSSR count). The van der Waals surface area contributed by atoms with Crippen LogP contribution in [0.25, 0.3) is 0 Å². The molecule has 118 valence electrons. The molecule has 0 bridgehead atoms. The van der Waals surface area contributed by atoms with Crippen LogP contribution < -0.4 is 5.32 Å². The maximum absolute atomic E-state index is 12.6. The lowest BCUT2D eigenvalue weighted by Gasteiger charge is -2.20. The van der Waals surface area contributed by atoms with Crippen LogP contribution in [0.4, 0.5) is 5.69 Å². The van der Waals surface area contributed by atoms with E-state index in [1.165, 1.54) is 10.4 Å². The molecule has 0 saturated carbocycles. The third-order valence-electron chi connectivity index (χ3n) is 3.12. The Labute approximate surface area is 134 Å². The summed E-state index contributed by atoms with van der Waals surface area (Å²) in [4.78, 5) is 11.8. The number of carbonyl (C=O) groups excluding carboxylic acids is 1. The third kappa shape index (κ3) is 4.52. The Bertz CT molecular complexity index is 598. The summed E-state index contributed by atoms with van der Waals surface area (Å²) in [6.07, 6.45) is 0.339. The molecule has 0 aliphatic heterocycles. The summed E-state index contributed by atoms with van der Waals surface area (Å²) in [7, 11) is -3.53. The fraction of sp³-hybridized carbons (Fsp3) is 0.500. The first-order valence-corrected chi connectivity index (χ1v) is 9.39. The second-order valence-corrected chi connectivity index (χ2v) is 7.26. The number of hydrogen-bond donors (Lipinski definition) is 1. The molecular weight excluding hydrogens is 356 g/mol. The smallest absolute Gasteiger partial charge is 0.243 e. The number of hydrogen-bond acceptors (Lipinski definition) is 3. The molecule has 7 heteroatoms. The van der Waals surface area contributed by atoms with Crippen molar-refractivity contribution in [3.05, 3.63) is 23.8 Å². The van der Waals surface area contributed by atoms with Gasteiger partial charge in [0.25, 0.3) is 0 Å². The number of rotatable bonds is 7. The van der Waals surface area contributed by atoms with E-state index in [1.54, 1.807) is 32.9 Å². The zero-order valence-corrected chi connectivity index (χ0v) is 14.9. The molecule has 0 fully saturated rings. The Morgan fingerprint density at radius 3 is 2.43 bits per heavy atom. The standard InChI is InChI=1S/C14H21BrN2O3S/c1-4-17(5-2)21(19,20)13-10-12(7-6-11(13)3)16-14(18)8-9-15/h6-7,10H,4-5,8-9H2,1-3H3,(H,16,18). The van der Waals surface area contributed by atoms with Gasteiger partial charge in [-0.3, -0.25) is 4.79 Å². The fourth-order valence-electron chi connectivity index (χ4n) is 1.97. The maximum Gasteiger partial charge on any atom is 0.243 e. The van der Waals surface area contributed by atoms with Crippen LogP contribution in [0.3, 0.4) is 0 Å². The fourth-order valence-corrected chi connectivity index (χ4v) is 4.04. The van der Waals surface area contributed by atoms with Gasteiger partial charge in [-0.15, -0.1) is 0 Å². The Morgan fingerprint density at radius 1 is 1.29 bits per heavy atom. The number of nitrogens with zero attached hydrogens (tertiary/aromatic N) is 1. The van der Waals surface area contributed by atoms with Gasteiger partial charge in [-0.1, -0.05) is 35.8 Å². The van der Waals surface area contributed by atoms with Crippen LogP contribution in [-0.4, -0.2) is 37.0 Å². The summed E-state index contributed by atoms with van der Waals surface area (Å²) in [5, 5.41) is 3.27. The number of nitrogens with one attached hydrogen (secondary N) is 1. The van der Waals surface area contributed by atoms with Crippen molar-refractivity contribution in [1.29, 1.82) is 0 Å². The molecule has 1 amide bonds. The number of alkyl halides is 1. The number of benzene rings is 1. The molecule has 0 atom stereocenters. The molecular formula is C14H21BrN2O3S. The Balaban J connectivity index is 3.16. The summed E-state index contributed by atoms with van der Waals surface area (Å²) < 4.78 is 26.6. The van der Waals surface area contributed by atoms with Crippen LogP contribution in [0.2, 0.25) is 0 Å². The number of anilines is 1. The Morgan fingerprint density at radius 2 is 1.90 bits per heavy atom. The number of aryl methyl sites for hydroxylation is 1. The predicted octanol–water partition coefficient (Wildman–Crippen LogP) is 2.75. The minimum Gasteiger partial charge on any atom is -0.326 e. The van der Waals surface area contributed by atoms with Crippen LogP contribution in [0.5, 0.6) is 0 Å². The van der Waals surface area contributed by atoms with Gasteiger partial charge in [0.15, 0.2) is 0 Å². The molecule has 21 heavy (non-hydrogen) atoms. The Kier molecular flexibility index (Phi) is 6.83. The van der Waals surface area contributed by atoms with Crippen molar-refractivity contribution >= 4 is 37.5 Å². The minimum absolute atomic E-state index is 0.151. The average molecular weight is 377 g/mol. The molecule has 0 spiro atoms. The lowest BCUT2D eigenvalue weighted by Crippen LogP contribution is -2.31. The van der Waals surface area contributed by atoms with E-state index in [4.69, 9.17) is 0 Å². The second-order valence-electron chi connectivity index (χ2n) is 4.56. The largest absolute Gasteiger partial charge is 0.326 e. The van der Waals surface area contributed by atoms with Crippen LogP contribution in [0.1, 0.15) is 25.8 Å². The zero-order chi connectivity index (χ0) is 16.0. The van der Waals surface area contributed by atoms with Crippen molar-refractivity contribution in [3.8, 4) is 0 Å². The predicted molar refractivity (Wildman–Crippen MR) is 88.3 cm³/mol. The van der Waals surface area contributed by atoms with Crippen LogP contribution >= 0.6 is 15.9 Å². The van der Waals surface area contributed by atoms with Gasteiger partial charge in [-0.2, -0.15) is 4.31 Å². The molecule has 0 aliphatic carbocycles. The summed E-state index contributed by atoms with van der Waals surface area (Å²) in [5.74, 6) is -0.151. The quantitative estimate of drug-likeness (QED) is 0.743. The highest BCUT2D eigenvalue weighted by atomic mass is 79.9. The van der Waals surface area contributed by atoms with Crippen LogP contribution in [-0.2, 0) is 14.8 Å². The maximum atomic E-state index is 12.6. The van der Waals surface area contributed by atoms with Crippen molar-refractivity contribution in [2.24, 2.45) is 0 Å². The summed E-state index contributed by atoms with van der Waals surface area (Å²) in [5.41, 5.74) is 1.16. The van der Waals surface area contributed by atoms with Crippen molar-refractivity contribution in [1.82, 2.24) is 4.31 Å². The van der Waals surface area contributed by atoms with E-state index >= 15 is 0 Å². The average Bonchev–Trinajstić information content (AvgIpc) is 2.42. The molecule has 0 saturated heterocycles. The lowest BCUT2D eigenvalue weighted by molar-refractivity contribution is -0.115. The zero-order valence-electron chi connectivity index (χ0n) is 12.5. The van der Waals surface area contributed by atoms with E-state index in [2.05, 4.69) is 21.2 Å². The number of halogens is 1. The Hall–Kier alpha value is -0.920. The highest BCUT2D eigenvalue weighted by Crippen LogP contribution is 2.23. The summed E-state index contributed by atoms with van der Waals surface area (Å²) >= 11 is 3.20. The summed E-state index contributed by atoms with van der Waals surface area (Å²) in [6.45, 7) is 6.19. The van der Waals surface area contributed by atoms with Gasteiger partial charge in [0.2, 0.25) is 15.9 Å². The first-order chi connectivity index (χ1) is 9.86. The minimum atomic E-state index is -3.53. The molecule has 5 nitrogen and oxygen atoms in total. The molecule has 0 aromatic heterocycles. The van der Waals surface area contributed by atoms with Gasteiger partial charge >= 0.3 is 0 Å². The van der Waals surface area contributed by atoms with Crippen molar-refractivity contribution in [2.45, 2.75) is 32.1 Å². The SMILES string of the molecule is CCN(CC)S(=O)(=O)c1cc(NC(=O)CCBr)ccc1C. The van der Waals surface area contributed by atoms with E-state index < -0.39 is 10.0 Å². The van der Waals surface area contributed by atoms with Gasteiger partial charge < -0.3 is 5.32 Å². The van der Waals surface area contributed by atoms with Crippen molar-refractivity contribution in [3.63, 3.8) is 0 Å². The molecule has 0 aliphatic rings. The van der Waals surface area contributed by atoms with E-state index in [-0.39, 0.29) is 10.8 Å². The number of carbonyl (C=O) groups is 1. The highest BCUT2D eigenvalue weighted by molar-refractivity contribution is 9.09. The first kappa shape index (κ1) is 18.1. The van der Waals surface area contributed by atoms with Gasteiger partial charge in [0.1, 0.15) is 0 Å². The molecule has 0 heterocycles. The highest BCUT2D eigenvalue weighted by Gasteiger charge is 2.23. The second kappa shape index (κ2) is 7.91. The molecule has 0 radical (unpaired) electrons. The van der Waals surface area contributed by atoms with Crippen molar-refractivity contribution in [2.75, 3.05) is 23.7 Å².